The van der Waals surface area contributed by atoms with E-state index in [0.717, 1.165) is 17.8 Å². The number of rotatable bonds is 7. The number of anilines is 2. The molecule has 0 spiro atoms. The maximum atomic E-state index is 14.3. The number of aldehydes is 1. The number of fused-ring (bicyclic) bond motifs is 3. The number of aliphatic carboxylic acids is 1. The summed E-state index contributed by atoms with van der Waals surface area (Å²) in [5, 5.41) is 13.1. The normalized spacial score (nSPS) is 13.2. The second kappa shape index (κ2) is 14.9. The zero-order chi connectivity index (χ0) is 38.0. The lowest BCUT2D eigenvalue weighted by Gasteiger charge is -2.31. The molecule has 7 rings (SSSR count). The first kappa shape index (κ1) is 36.7. The number of carboxylic acid groups (broad SMARTS) is 1. The van der Waals surface area contributed by atoms with Crippen molar-refractivity contribution in [1.82, 2.24) is 9.88 Å². The molecule has 0 saturated carbocycles. The van der Waals surface area contributed by atoms with Crippen molar-refractivity contribution in [3.8, 4) is 16.9 Å². The van der Waals surface area contributed by atoms with E-state index in [2.05, 4.69) is 5.32 Å². The first-order valence-corrected chi connectivity index (χ1v) is 16.4. The monoisotopic (exact) mass is 729 g/mol. The van der Waals surface area contributed by atoms with Crippen molar-refractivity contribution >= 4 is 45.3 Å². The zero-order valence-electron chi connectivity index (χ0n) is 28.4. The third-order valence-electron chi connectivity index (χ3n) is 9.16. The van der Waals surface area contributed by atoms with E-state index < -0.39 is 52.1 Å². The molecule has 1 aliphatic rings. The van der Waals surface area contributed by atoms with Gasteiger partial charge in [0.2, 0.25) is 0 Å². The number of aryl methyl sites for hydroxylation is 1. The summed E-state index contributed by atoms with van der Waals surface area (Å²) >= 11 is 0. The van der Waals surface area contributed by atoms with Crippen LogP contribution in [-0.2, 0) is 24.4 Å². The van der Waals surface area contributed by atoms with Crippen LogP contribution in [0, 0.1) is 11.6 Å². The number of pyridine rings is 1. The number of alkyl halides is 3. The molecule has 272 valence electrons. The second-order valence-corrected chi connectivity index (χ2v) is 12.2. The summed E-state index contributed by atoms with van der Waals surface area (Å²) in [7, 11) is 2.99. The van der Waals surface area contributed by atoms with Gasteiger partial charge in [-0.15, -0.1) is 0 Å². The Labute approximate surface area is 299 Å². The van der Waals surface area contributed by atoms with Gasteiger partial charge >= 0.3 is 12.1 Å². The Morgan fingerprint density at radius 1 is 0.925 bits per heavy atom. The predicted octanol–water partition coefficient (Wildman–Crippen LogP) is 7.90. The highest BCUT2D eigenvalue weighted by atomic mass is 19.4. The summed E-state index contributed by atoms with van der Waals surface area (Å²) in [6, 6.07) is 24.5. The third kappa shape index (κ3) is 7.07. The topological polar surface area (TPSA) is 101 Å². The number of carbonyl (C=O) groups excluding carboxylic acids is 1. The molecule has 0 saturated heterocycles. The molecule has 2 heterocycles. The predicted molar refractivity (Wildman–Crippen MR) is 192 cm³/mol. The van der Waals surface area contributed by atoms with Gasteiger partial charge in [-0.2, -0.15) is 13.2 Å². The number of aromatic nitrogens is 1. The van der Waals surface area contributed by atoms with Gasteiger partial charge in [-0.05, 0) is 65.7 Å². The minimum absolute atomic E-state index is 0.0589. The fraction of sp³-hybridized carbons (Fsp3) is 0.175. The average Bonchev–Trinajstić information content (AvgIpc) is 3.14. The lowest BCUT2D eigenvalue weighted by molar-refractivity contribution is -0.139. The molecule has 1 aromatic heterocycles. The maximum absolute atomic E-state index is 14.3. The highest BCUT2D eigenvalue weighted by molar-refractivity contribution is 6.01. The van der Waals surface area contributed by atoms with E-state index in [9.17, 15) is 41.4 Å². The van der Waals surface area contributed by atoms with E-state index >= 15 is 0 Å². The number of para-hydroxylation sites is 3. The molecule has 0 radical (unpaired) electrons. The van der Waals surface area contributed by atoms with Gasteiger partial charge in [0.15, 0.2) is 6.29 Å². The van der Waals surface area contributed by atoms with Crippen LogP contribution in [-0.4, -0.2) is 48.2 Å². The minimum Gasteiger partial charge on any atom is -0.490 e. The van der Waals surface area contributed by atoms with Crippen molar-refractivity contribution in [3.05, 3.63) is 136 Å². The van der Waals surface area contributed by atoms with Crippen molar-refractivity contribution in [3.63, 3.8) is 0 Å². The second-order valence-electron chi connectivity index (χ2n) is 12.2. The highest BCUT2D eigenvalue weighted by Gasteiger charge is 2.38. The van der Waals surface area contributed by atoms with E-state index in [4.69, 9.17) is 4.74 Å². The molecule has 5 aromatic carbocycles. The van der Waals surface area contributed by atoms with E-state index in [1.807, 2.05) is 18.2 Å². The van der Waals surface area contributed by atoms with E-state index in [-0.39, 0.29) is 29.2 Å². The molecule has 6 aromatic rings. The fourth-order valence-electron chi connectivity index (χ4n) is 6.62. The number of nitrogens with zero attached hydrogens (tertiary/aromatic N) is 2. The molecule has 1 unspecified atom stereocenters. The first-order valence-electron chi connectivity index (χ1n) is 16.4. The van der Waals surface area contributed by atoms with Crippen molar-refractivity contribution in [2.75, 3.05) is 25.1 Å². The summed E-state index contributed by atoms with van der Waals surface area (Å²) in [5.74, 6) is -2.09. The number of likely N-dealkylation sites (N-methyl/N-ethyl adjacent to an activating group) is 1. The van der Waals surface area contributed by atoms with Crippen molar-refractivity contribution in [1.29, 1.82) is 0 Å². The van der Waals surface area contributed by atoms with Gasteiger partial charge in [0.25, 0.3) is 5.56 Å². The van der Waals surface area contributed by atoms with Gasteiger partial charge < -0.3 is 24.6 Å². The Balaban J connectivity index is 0.000000204. The summed E-state index contributed by atoms with van der Waals surface area (Å²) in [6.45, 7) is 0.909. The average molecular weight is 730 g/mol. The molecule has 1 atom stereocenters. The van der Waals surface area contributed by atoms with Crippen LogP contribution in [0.5, 0.6) is 5.75 Å². The van der Waals surface area contributed by atoms with Crippen LogP contribution < -0.4 is 20.5 Å². The number of nitrogens with one attached hydrogen (secondary N) is 1. The molecule has 0 amide bonds. The first-order chi connectivity index (χ1) is 25.3. The lowest BCUT2D eigenvalue weighted by atomic mass is 9.90. The lowest BCUT2D eigenvalue weighted by Crippen LogP contribution is -2.35. The van der Waals surface area contributed by atoms with Crippen LogP contribution in [0.25, 0.3) is 32.8 Å². The molecule has 13 heteroatoms. The standard InChI is InChI=1S/C25H21F3N2O3.C15H11F2NO2/c1-29-19(24(32)33)13-14-7-5-10-16-15(14)9-6-11-17(16)21-22(25(26,27)28)18-8-3-4-12-20(18)30(2)23(21)31;16-12-7-10(8-13(17)11(12)9-19)18-5-6-20-15-4-2-1-3-14(15)18/h3-12,19,29H,13H2,1-2H3,(H,32,33);1-4,7-9H,5-6H2. The minimum atomic E-state index is -4.76. The van der Waals surface area contributed by atoms with Gasteiger partial charge in [0, 0.05) is 18.1 Å². The Hall–Kier alpha value is -6.08. The Morgan fingerprint density at radius 3 is 2.25 bits per heavy atom. The van der Waals surface area contributed by atoms with Crippen LogP contribution in [0.3, 0.4) is 0 Å². The van der Waals surface area contributed by atoms with Crippen LogP contribution in [0.15, 0.2) is 102 Å². The van der Waals surface area contributed by atoms with Crippen LogP contribution in [0.2, 0.25) is 0 Å². The Morgan fingerprint density at radius 2 is 1.57 bits per heavy atom. The number of ether oxygens (including phenoxy) is 1. The maximum Gasteiger partial charge on any atom is 0.417 e. The number of carbonyl (C=O) groups is 2. The molecule has 53 heavy (non-hydrogen) atoms. The quantitative estimate of drug-likeness (QED) is 0.127. The van der Waals surface area contributed by atoms with Crippen molar-refractivity contribution in [2.45, 2.75) is 18.6 Å². The van der Waals surface area contributed by atoms with Crippen LogP contribution in [0.1, 0.15) is 21.5 Å². The van der Waals surface area contributed by atoms with Gasteiger partial charge in [-0.25, -0.2) is 8.78 Å². The smallest absolute Gasteiger partial charge is 0.417 e. The number of hydrogen-bond acceptors (Lipinski definition) is 6. The number of carboxylic acids is 1. The van der Waals surface area contributed by atoms with E-state index in [1.165, 1.54) is 42.9 Å². The largest absolute Gasteiger partial charge is 0.490 e. The van der Waals surface area contributed by atoms with Gasteiger partial charge in [-0.1, -0.05) is 66.7 Å². The number of hydrogen-bond donors (Lipinski definition) is 2. The van der Waals surface area contributed by atoms with Crippen LogP contribution >= 0.6 is 0 Å². The molecule has 8 nitrogen and oxygen atoms in total. The molecule has 1 aliphatic heterocycles. The summed E-state index contributed by atoms with van der Waals surface area (Å²) in [6.07, 6.45) is -4.45. The summed E-state index contributed by atoms with van der Waals surface area (Å²) in [5.41, 5.74) is -0.581. The third-order valence-corrected chi connectivity index (χ3v) is 9.16. The Kier molecular flexibility index (Phi) is 10.3. The van der Waals surface area contributed by atoms with Gasteiger partial charge in [0.05, 0.1) is 34.4 Å². The molecule has 0 bridgehead atoms. The zero-order valence-corrected chi connectivity index (χ0v) is 28.4. The molecular formula is C40H32F5N3O5. The SMILES string of the molecule is CNC(Cc1cccc2c(-c3c(C(F)(F)F)c4ccccc4n(C)c3=O)cccc12)C(=O)O.O=Cc1c(F)cc(N2CCOc3ccccc32)cc1F. The summed E-state index contributed by atoms with van der Waals surface area (Å²) < 4.78 is 77.2. The number of benzene rings is 5. The molecule has 2 N–H and O–H groups in total. The van der Waals surface area contributed by atoms with E-state index in [1.54, 1.807) is 47.4 Å². The van der Waals surface area contributed by atoms with Crippen molar-refractivity contribution in [2.24, 2.45) is 7.05 Å². The van der Waals surface area contributed by atoms with E-state index in [0.29, 0.717) is 40.9 Å². The molecule has 0 fully saturated rings. The van der Waals surface area contributed by atoms with Crippen molar-refractivity contribution < 1.29 is 41.4 Å². The van der Waals surface area contributed by atoms with Gasteiger partial charge in [0.1, 0.15) is 30.0 Å². The van der Waals surface area contributed by atoms with Gasteiger partial charge in [-0.3, -0.25) is 14.4 Å². The number of halogens is 5. The highest BCUT2D eigenvalue weighted by Crippen LogP contribution is 2.42. The Bertz CT molecular complexity index is 2400. The summed E-state index contributed by atoms with van der Waals surface area (Å²) in [4.78, 5) is 37.1. The van der Waals surface area contributed by atoms with Crippen LogP contribution in [0.4, 0.5) is 33.3 Å². The molecular weight excluding hydrogens is 697 g/mol. The fourth-order valence-corrected chi connectivity index (χ4v) is 6.62. The molecule has 0 aliphatic carbocycles.